The number of hydrogen-bond acceptors (Lipinski definition) is 4. The monoisotopic (exact) mass is 396 g/mol. The van der Waals surface area contributed by atoms with Gasteiger partial charge in [-0.1, -0.05) is 60.7 Å². The molecule has 4 heteroatoms. The number of esters is 1. The second-order valence-corrected chi connectivity index (χ2v) is 6.52. The van der Waals surface area contributed by atoms with E-state index in [0.717, 1.165) is 16.9 Å². The molecule has 4 aromatic rings. The van der Waals surface area contributed by atoms with Crippen molar-refractivity contribution in [1.82, 2.24) is 0 Å². The Morgan fingerprint density at radius 1 is 0.533 bits per heavy atom. The number of para-hydroxylation sites is 1. The molecule has 0 aromatic heterocycles. The van der Waals surface area contributed by atoms with Crippen LogP contribution in [0.5, 0.6) is 17.2 Å². The zero-order chi connectivity index (χ0) is 20.6. The second-order valence-electron chi connectivity index (χ2n) is 6.52. The van der Waals surface area contributed by atoms with E-state index in [2.05, 4.69) is 0 Å². The van der Waals surface area contributed by atoms with Crippen molar-refractivity contribution in [2.75, 3.05) is 6.79 Å². The smallest absolute Gasteiger partial charge is 0.343 e. The maximum absolute atomic E-state index is 12.4. The topological polar surface area (TPSA) is 44.8 Å². The summed E-state index contributed by atoms with van der Waals surface area (Å²) in [5.41, 5.74) is 2.64. The zero-order valence-electron chi connectivity index (χ0n) is 16.2. The average molecular weight is 396 g/mol. The number of carbonyl (C=O) groups is 1. The molecular formula is C26H20O4. The van der Waals surface area contributed by atoms with E-state index < -0.39 is 5.97 Å². The predicted molar refractivity (Wildman–Crippen MR) is 116 cm³/mol. The van der Waals surface area contributed by atoms with Gasteiger partial charge in [0, 0.05) is 0 Å². The Labute approximate surface area is 175 Å². The molecule has 0 unspecified atom stereocenters. The Balaban J connectivity index is 1.31. The lowest BCUT2D eigenvalue weighted by atomic mass is 10.0. The maximum Gasteiger partial charge on any atom is 0.343 e. The van der Waals surface area contributed by atoms with E-state index >= 15 is 0 Å². The van der Waals surface area contributed by atoms with Crippen LogP contribution >= 0.6 is 0 Å². The summed E-state index contributed by atoms with van der Waals surface area (Å²) in [7, 11) is 0. The van der Waals surface area contributed by atoms with Crippen LogP contribution in [-0.4, -0.2) is 12.8 Å². The zero-order valence-corrected chi connectivity index (χ0v) is 16.2. The molecule has 0 bridgehead atoms. The first kappa shape index (κ1) is 19.3. The largest absolute Gasteiger partial charge is 0.458 e. The SMILES string of the molecule is O=C(Oc1ccc(OCOc2ccccc2)cc1)c1ccc(-c2ccccc2)cc1. The summed E-state index contributed by atoms with van der Waals surface area (Å²) in [6, 6.07) is 33.6. The molecule has 30 heavy (non-hydrogen) atoms. The Bertz CT molecular complexity index is 1070. The van der Waals surface area contributed by atoms with Gasteiger partial charge in [-0.3, -0.25) is 0 Å². The first-order chi connectivity index (χ1) is 14.8. The van der Waals surface area contributed by atoms with Crippen molar-refractivity contribution < 1.29 is 19.0 Å². The molecule has 0 atom stereocenters. The van der Waals surface area contributed by atoms with Crippen molar-refractivity contribution in [3.8, 4) is 28.4 Å². The molecule has 4 aromatic carbocycles. The Morgan fingerprint density at radius 2 is 1.03 bits per heavy atom. The van der Waals surface area contributed by atoms with Gasteiger partial charge in [0.2, 0.25) is 6.79 Å². The minimum absolute atomic E-state index is 0.0942. The van der Waals surface area contributed by atoms with E-state index in [0.29, 0.717) is 17.1 Å². The van der Waals surface area contributed by atoms with Gasteiger partial charge in [0.05, 0.1) is 5.56 Å². The standard InChI is InChI=1S/C26H20O4/c27-26(22-13-11-21(12-14-22)20-7-3-1-4-8-20)30-25-17-15-24(16-18-25)29-19-28-23-9-5-2-6-10-23/h1-18H,19H2. The van der Waals surface area contributed by atoms with Gasteiger partial charge in [-0.05, 0) is 59.7 Å². The minimum atomic E-state index is -0.407. The highest BCUT2D eigenvalue weighted by Gasteiger charge is 2.09. The van der Waals surface area contributed by atoms with E-state index in [1.165, 1.54) is 0 Å². The highest BCUT2D eigenvalue weighted by molar-refractivity contribution is 5.91. The molecular weight excluding hydrogens is 376 g/mol. The lowest BCUT2D eigenvalue weighted by Gasteiger charge is -2.09. The number of hydrogen-bond donors (Lipinski definition) is 0. The van der Waals surface area contributed by atoms with Crippen LogP contribution in [0.25, 0.3) is 11.1 Å². The molecule has 0 spiro atoms. The van der Waals surface area contributed by atoms with Gasteiger partial charge in [-0.25, -0.2) is 4.79 Å². The Morgan fingerprint density at radius 3 is 1.67 bits per heavy atom. The fraction of sp³-hybridized carbons (Fsp3) is 0.0385. The molecule has 0 radical (unpaired) electrons. The molecule has 4 nitrogen and oxygen atoms in total. The molecule has 148 valence electrons. The van der Waals surface area contributed by atoms with Gasteiger partial charge in [0.15, 0.2) is 0 Å². The lowest BCUT2D eigenvalue weighted by molar-refractivity contribution is 0.0734. The van der Waals surface area contributed by atoms with E-state index in [1.54, 1.807) is 36.4 Å². The van der Waals surface area contributed by atoms with E-state index in [1.807, 2.05) is 72.8 Å². The van der Waals surface area contributed by atoms with Gasteiger partial charge in [-0.2, -0.15) is 0 Å². The molecule has 0 N–H and O–H groups in total. The van der Waals surface area contributed by atoms with Crippen molar-refractivity contribution in [1.29, 1.82) is 0 Å². The molecule has 0 aliphatic heterocycles. The van der Waals surface area contributed by atoms with Crippen molar-refractivity contribution in [2.45, 2.75) is 0 Å². The van der Waals surface area contributed by atoms with E-state index in [9.17, 15) is 4.79 Å². The third kappa shape index (κ3) is 5.06. The Kier molecular flexibility index (Phi) is 6.06. The van der Waals surface area contributed by atoms with Crippen LogP contribution in [0.1, 0.15) is 10.4 Å². The van der Waals surface area contributed by atoms with Crippen LogP contribution < -0.4 is 14.2 Å². The highest BCUT2D eigenvalue weighted by atomic mass is 16.7. The fourth-order valence-electron chi connectivity index (χ4n) is 2.88. The van der Waals surface area contributed by atoms with Crippen LogP contribution in [0.15, 0.2) is 109 Å². The normalized spacial score (nSPS) is 10.3. The fourth-order valence-corrected chi connectivity index (χ4v) is 2.88. The summed E-state index contributed by atoms with van der Waals surface area (Å²) < 4.78 is 16.5. The van der Waals surface area contributed by atoms with Crippen LogP contribution in [0.2, 0.25) is 0 Å². The Hall–Kier alpha value is -4.05. The molecule has 0 heterocycles. The quantitative estimate of drug-likeness (QED) is 0.219. The summed E-state index contributed by atoms with van der Waals surface area (Å²) >= 11 is 0. The average Bonchev–Trinajstić information content (AvgIpc) is 2.81. The summed E-state index contributed by atoms with van der Waals surface area (Å²) in [6.07, 6.45) is 0. The van der Waals surface area contributed by atoms with E-state index in [-0.39, 0.29) is 6.79 Å². The van der Waals surface area contributed by atoms with Gasteiger partial charge in [0.25, 0.3) is 0 Å². The third-order valence-electron chi connectivity index (χ3n) is 4.46. The van der Waals surface area contributed by atoms with Crippen LogP contribution in [0, 0.1) is 0 Å². The van der Waals surface area contributed by atoms with Crippen molar-refractivity contribution in [2.24, 2.45) is 0 Å². The number of benzene rings is 4. The molecule has 0 fully saturated rings. The molecule has 0 aliphatic carbocycles. The molecule has 0 aliphatic rings. The van der Waals surface area contributed by atoms with Gasteiger partial charge < -0.3 is 14.2 Å². The van der Waals surface area contributed by atoms with Gasteiger partial charge >= 0.3 is 5.97 Å². The van der Waals surface area contributed by atoms with Crippen LogP contribution in [0.3, 0.4) is 0 Å². The third-order valence-corrected chi connectivity index (χ3v) is 4.46. The van der Waals surface area contributed by atoms with E-state index in [4.69, 9.17) is 14.2 Å². The highest BCUT2D eigenvalue weighted by Crippen LogP contribution is 2.22. The van der Waals surface area contributed by atoms with Gasteiger partial charge in [-0.15, -0.1) is 0 Å². The van der Waals surface area contributed by atoms with Crippen molar-refractivity contribution >= 4 is 5.97 Å². The first-order valence-corrected chi connectivity index (χ1v) is 9.56. The van der Waals surface area contributed by atoms with Crippen LogP contribution in [0.4, 0.5) is 0 Å². The minimum Gasteiger partial charge on any atom is -0.458 e. The second kappa shape index (κ2) is 9.43. The molecule has 4 rings (SSSR count). The van der Waals surface area contributed by atoms with Gasteiger partial charge in [0.1, 0.15) is 17.2 Å². The number of ether oxygens (including phenoxy) is 3. The molecule has 0 amide bonds. The number of rotatable bonds is 7. The summed E-state index contributed by atoms with van der Waals surface area (Å²) in [5.74, 6) is 1.40. The molecule has 0 saturated carbocycles. The first-order valence-electron chi connectivity index (χ1n) is 9.56. The number of carbonyl (C=O) groups excluding carboxylic acids is 1. The van der Waals surface area contributed by atoms with Crippen LogP contribution in [-0.2, 0) is 0 Å². The predicted octanol–water partition coefficient (Wildman–Crippen LogP) is 5.99. The summed E-state index contributed by atoms with van der Waals surface area (Å²) in [5, 5.41) is 0. The lowest BCUT2D eigenvalue weighted by Crippen LogP contribution is -2.08. The summed E-state index contributed by atoms with van der Waals surface area (Å²) in [6.45, 7) is 0.0942. The van der Waals surface area contributed by atoms with Crippen molar-refractivity contribution in [3.63, 3.8) is 0 Å². The summed E-state index contributed by atoms with van der Waals surface area (Å²) in [4.78, 5) is 12.4. The molecule has 0 saturated heterocycles. The van der Waals surface area contributed by atoms with Crippen molar-refractivity contribution in [3.05, 3.63) is 115 Å². The maximum atomic E-state index is 12.4.